The molecule has 0 radical (unpaired) electrons. The van der Waals surface area contributed by atoms with Crippen LogP contribution in [0.1, 0.15) is 18.4 Å². The molecule has 1 fully saturated rings. The molecule has 0 amide bonds. The van der Waals surface area contributed by atoms with Gasteiger partial charge in [-0.25, -0.2) is 0 Å². The number of aromatic nitrogens is 1. The van der Waals surface area contributed by atoms with Gasteiger partial charge in [0.15, 0.2) is 0 Å². The molecule has 16 heavy (non-hydrogen) atoms. The van der Waals surface area contributed by atoms with Crippen molar-refractivity contribution < 1.29 is 0 Å². The fourth-order valence-electron chi connectivity index (χ4n) is 2.08. The van der Waals surface area contributed by atoms with E-state index in [9.17, 15) is 0 Å². The van der Waals surface area contributed by atoms with E-state index in [0.717, 1.165) is 5.69 Å². The van der Waals surface area contributed by atoms with E-state index in [4.69, 9.17) is 0 Å². The molecule has 0 saturated heterocycles. The number of nitrogens with zero attached hydrogens (tertiary/aromatic N) is 1. The van der Waals surface area contributed by atoms with Crippen molar-refractivity contribution in [3.8, 4) is 0 Å². The second-order valence-corrected chi connectivity index (χ2v) is 4.31. The molecule has 2 aromatic rings. The first-order valence-electron chi connectivity index (χ1n) is 5.63. The number of hydrogen-bond acceptors (Lipinski definition) is 2. The highest BCUT2D eigenvalue weighted by molar-refractivity contribution is 5.48. The minimum atomic E-state index is 0.157. The van der Waals surface area contributed by atoms with Crippen LogP contribution in [0.25, 0.3) is 0 Å². The number of benzene rings is 1. The van der Waals surface area contributed by atoms with Crippen molar-refractivity contribution in [1.29, 1.82) is 0 Å². The van der Waals surface area contributed by atoms with Crippen LogP contribution in [0.5, 0.6) is 0 Å². The largest absolute Gasteiger partial charge is 0.374 e. The van der Waals surface area contributed by atoms with E-state index in [1.165, 1.54) is 18.4 Å². The predicted octanol–water partition coefficient (Wildman–Crippen LogP) is 3.18. The number of pyridine rings is 1. The van der Waals surface area contributed by atoms with E-state index >= 15 is 0 Å². The molecular weight excluding hydrogens is 196 g/mol. The van der Waals surface area contributed by atoms with Crippen molar-refractivity contribution in [3.05, 3.63) is 60.4 Å². The normalized spacial score (nSPS) is 16.8. The molecule has 1 N–H and O–H groups in total. The molecule has 0 atom stereocenters. The highest BCUT2D eigenvalue weighted by Gasteiger charge is 2.44. The lowest BCUT2D eigenvalue weighted by Crippen LogP contribution is -2.18. The molecular formula is C14H14N2. The zero-order chi connectivity index (χ0) is 10.8. The summed E-state index contributed by atoms with van der Waals surface area (Å²) in [5, 5.41) is 3.58. The zero-order valence-corrected chi connectivity index (χ0v) is 9.06. The Balaban J connectivity index is 1.86. The van der Waals surface area contributed by atoms with Gasteiger partial charge in [0.1, 0.15) is 0 Å². The summed E-state index contributed by atoms with van der Waals surface area (Å²) in [7, 11) is 0. The summed E-state index contributed by atoms with van der Waals surface area (Å²) in [5.74, 6) is 0. The number of anilines is 1. The Labute approximate surface area is 95.3 Å². The smallest absolute Gasteiger partial charge is 0.0627 e. The molecule has 1 saturated carbocycles. The first-order valence-corrected chi connectivity index (χ1v) is 5.63. The Bertz CT molecular complexity index is 461. The van der Waals surface area contributed by atoms with Gasteiger partial charge in [-0.3, -0.25) is 4.98 Å². The summed E-state index contributed by atoms with van der Waals surface area (Å²) < 4.78 is 0. The van der Waals surface area contributed by atoms with E-state index in [-0.39, 0.29) is 5.54 Å². The fraction of sp³-hybridized carbons (Fsp3) is 0.214. The van der Waals surface area contributed by atoms with E-state index in [1.807, 2.05) is 12.3 Å². The first-order chi connectivity index (χ1) is 7.89. The summed E-state index contributed by atoms with van der Waals surface area (Å²) in [6, 6.07) is 14.7. The molecule has 0 aliphatic heterocycles. The van der Waals surface area contributed by atoms with Gasteiger partial charge in [-0.1, -0.05) is 30.3 Å². The third-order valence-corrected chi connectivity index (χ3v) is 3.12. The number of hydrogen-bond donors (Lipinski definition) is 1. The van der Waals surface area contributed by atoms with Gasteiger partial charge >= 0.3 is 0 Å². The average Bonchev–Trinajstić information content (AvgIpc) is 3.13. The van der Waals surface area contributed by atoms with Crippen molar-refractivity contribution in [1.82, 2.24) is 4.98 Å². The number of rotatable bonds is 3. The standard InChI is InChI=1S/C14H14N2/c1-2-5-12(6-3-1)14(8-9-14)16-13-7-4-10-15-11-13/h1-7,10-11,16H,8-9H2. The van der Waals surface area contributed by atoms with Crippen LogP contribution in [0, 0.1) is 0 Å². The van der Waals surface area contributed by atoms with Crippen molar-refractivity contribution in [2.45, 2.75) is 18.4 Å². The second-order valence-electron chi connectivity index (χ2n) is 4.31. The van der Waals surface area contributed by atoms with Crippen LogP contribution in [-0.4, -0.2) is 4.98 Å². The van der Waals surface area contributed by atoms with E-state index in [2.05, 4.69) is 46.7 Å². The van der Waals surface area contributed by atoms with Gasteiger partial charge < -0.3 is 5.32 Å². The summed E-state index contributed by atoms with van der Waals surface area (Å²) >= 11 is 0. The maximum absolute atomic E-state index is 4.13. The highest BCUT2D eigenvalue weighted by Crippen LogP contribution is 2.47. The molecule has 80 valence electrons. The lowest BCUT2D eigenvalue weighted by atomic mass is 10.0. The zero-order valence-electron chi connectivity index (χ0n) is 9.06. The van der Waals surface area contributed by atoms with Gasteiger partial charge in [0.05, 0.1) is 11.2 Å². The van der Waals surface area contributed by atoms with Gasteiger partial charge in [-0.15, -0.1) is 0 Å². The van der Waals surface area contributed by atoms with Gasteiger partial charge in [0, 0.05) is 12.4 Å². The van der Waals surface area contributed by atoms with E-state index in [1.54, 1.807) is 6.20 Å². The molecule has 3 rings (SSSR count). The molecule has 0 unspecified atom stereocenters. The van der Waals surface area contributed by atoms with Crippen LogP contribution < -0.4 is 5.32 Å². The van der Waals surface area contributed by atoms with Gasteiger partial charge in [0.2, 0.25) is 0 Å². The Morgan fingerprint density at radius 2 is 1.81 bits per heavy atom. The van der Waals surface area contributed by atoms with Crippen LogP contribution in [0.3, 0.4) is 0 Å². The fourth-order valence-corrected chi connectivity index (χ4v) is 2.08. The Kier molecular flexibility index (Phi) is 2.13. The topological polar surface area (TPSA) is 24.9 Å². The second kappa shape index (κ2) is 3.63. The third-order valence-electron chi connectivity index (χ3n) is 3.12. The van der Waals surface area contributed by atoms with Gasteiger partial charge in [-0.05, 0) is 30.5 Å². The molecule has 2 nitrogen and oxygen atoms in total. The minimum Gasteiger partial charge on any atom is -0.374 e. The quantitative estimate of drug-likeness (QED) is 0.841. The molecule has 1 aliphatic rings. The Morgan fingerprint density at radius 1 is 1.00 bits per heavy atom. The molecule has 1 aromatic carbocycles. The summed E-state index contributed by atoms with van der Waals surface area (Å²) in [6.07, 6.45) is 6.08. The van der Waals surface area contributed by atoms with Crippen LogP contribution in [0.15, 0.2) is 54.9 Å². The molecule has 0 spiro atoms. The Morgan fingerprint density at radius 3 is 2.44 bits per heavy atom. The van der Waals surface area contributed by atoms with Gasteiger partial charge in [0.25, 0.3) is 0 Å². The van der Waals surface area contributed by atoms with Crippen LogP contribution in [0.2, 0.25) is 0 Å². The van der Waals surface area contributed by atoms with E-state index < -0.39 is 0 Å². The lowest BCUT2D eigenvalue weighted by molar-refractivity contribution is 0.807. The van der Waals surface area contributed by atoms with Crippen molar-refractivity contribution in [2.24, 2.45) is 0 Å². The van der Waals surface area contributed by atoms with Crippen LogP contribution in [-0.2, 0) is 5.54 Å². The highest BCUT2D eigenvalue weighted by atomic mass is 15.0. The predicted molar refractivity (Wildman–Crippen MR) is 65.2 cm³/mol. The molecule has 1 aromatic heterocycles. The third kappa shape index (κ3) is 1.67. The molecule has 2 heteroatoms. The molecule has 0 bridgehead atoms. The monoisotopic (exact) mass is 210 g/mol. The van der Waals surface area contributed by atoms with Gasteiger partial charge in [-0.2, -0.15) is 0 Å². The molecule has 1 heterocycles. The SMILES string of the molecule is c1ccc(C2(Nc3cccnc3)CC2)cc1. The summed E-state index contributed by atoms with van der Waals surface area (Å²) in [6.45, 7) is 0. The molecule has 1 aliphatic carbocycles. The Hall–Kier alpha value is -1.83. The summed E-state index contributed by atoms with van der Waals surface area (Å²) in [4.78, 5) is 4.13. The van der Waals surface area contributed by atoms with Crippen molar-refractivity contribution >= 4 is 5.69 Å². The van der Waals surface area contributed by atoms with E-state index in [0.29, 0.717) is 0 Å². The minimum absolute atomic E-state index is 0.157. The number of nitrogens with one attached hydrogen (secondary N) is 1. The maximum atomic E-state index is 4.13. The first kappa shape index (κ1) is 9.40. The van der Waals surface area contributed by atoms with Crippen LogP contribution in [0.4, 0.5) is 5.69 Å². The summed E-state index contributed by atoms with van der Waals surface area (Å²) in [5.41, 5.74) is 2.63. The lowest BCUT2D eigenvalue weighted by Gasteiger charge is -2.18. The average molecular weight is 210 g/mol. The van der Waals surface area contributed by atoms with Crippen molar-refractivity contribution in [3.63, 3.8) is 0 Å². The van der Waals surface area contributed by atoms with Crippen LogP contribution >= 0.6 is 0 Å². The maximum Gasteiger partial charge on any atom is 0.0627 e. The van der Waals surface area contributed by atoms with Crippen molar-refractivity contribution in [2.75, 3.05) is 5.32 Å².